The van der Waals surface area contributed by atoms with Crippen molar-refractivity contribution in [2.45, 2.75) is 54.4 Å². The van der Waals surface area contributed by atoms with Crippen LogP contribution in [-0.4, -0.2) is 6.29 Å². The molecule has 92 valence electrons. The zero-order valence-corrected chi connectivity index (χ0v) is 11.6. The highest BCUT2D eigenvalue weighted by atomic mass is 16.1. The Labute approximate surface area is 101 Å². The van der Waals surface area contributed by atoms with Crippen LogP contribution in [0.4, 0.5) is 0 Å². The lowest BCUT2D eigenvalue weighted by Gasteiger charge is -1.99. The van der Waals surface area contributed by atoms with Crippen molar-refractivity contribution in [3.8, 4) is 0 Å². The number of aryl methyl sites for hydroxylation is 1. The molecule has 0 spiro atoms. The molecule has 0 saturated heterocycles. The molecule has 0 bridgehead atoms. The third kappa shape index (κ3) is 7.22. The molecule has 1 heteroatoms. The van der Waals surface area contributed by atoms with Gasteiger partial charge in [0, 0.05) is 5.56 Å². The molecule has 1 nitrogen and oxygen atoms in total. The van der Waals surface area contributed by atoms with Crippen molar-refractivity contribution in [2.75, 3.05) is 0 Å². The van der Waals surface area contributed by atoms with Gasteiger partial charge in [-0.05, 0) is 25.0 Å². The number of hydrogen-bond donors (Lipinski definition) is 0. The van der Waals surface area contributed by atoms with Crippen LogP contribution < -0.4 is 0 Å². The molecule has 0 aromatic heterocycles. The Balaban J connectivity index is 0. The van der Waals surface area contributed by atoms with Gasteiger partial charge in [0.25, 0.3) is 0 Å². The van der Waals surface area contributed by atoms with Gasteiger partial charge < -0.3 is 0 Å². The first kappa shape index (κ1) is 17.3. The van der Waals surface area contributed by atoms with Gasteiger partial charge in [0.1, 0.15) is 6.29 Å². The molecule has 0 fully saturated rings. The van der Waals surface area contributed by atoms with Crippen LogP contribution in [0.1, 0.15) is 62.0 Å². The van der Waals surface area contributed by atoms with Crippen molar-refractivity contribution >= 4 is 6.29 Å². The smallest absolute Gasteiger partial charge is 0.150 e. The van der Waals surface area contributed by atoms with Crippen molar-refractivity contribution in [3.63, 3.8) is 0 Å². The minimum atomic E-state index is 0.792. The second kappa shape index (κ2) is 12.0. The van der Waals surface area contributed by atoms with Gasteiger partial charge in [-0.25, -0.2) is 0 Å². The Morgan fingerprint density at radius 1 is 1.06 bits per heavy atom. The van der Waals surface area contributed by atoms with E-state index in [2.05, 4.69) is 13.8 Å². The second-order valence-corrected chi connectivity index (χ2v) is 3.41. The summed E-state index contributed by atoms with van der Waals surface area (Å²) >= 11 is 0. The van der Waals surface area contributed by atoms with Gasteiger partial charge in [-0.15, -0.1) is 0 Å². The average molecular weight is 222 g/mol. The molecule has 0 amide bonds. The van der Waals surface area contributed by atoms with Crippen molar-refractivity contribution in [1.29, 1.82) is 0 Å². The maximum absolute atomic E-state index is 10.4. The molecule has 0 unspecified atom stereocenters. The van der Waals surface area contributed by atoms with Crippen LogP contribution in [0, 0.1) is 13.8 Å². The molecule has 0 aliphatic carbocycles. The van der Waals surface area contributed by atoms with E-state index in [-0.39, 0.29) is 0 Å². The summed E-state index contributed by atoms with van der Waals surface area (Å²) in [4.78, 5) is 10.4. The van der Waals surface area contributed by atoms with Gasteiger partial charge >= 0.3 is 0 Å². The third-order valence-electron chi connectivity index (χ3n) is 2.27. The average Bonchev–Trinajstić information content (AvgIpc) is 2.35. The van der Waals surface area contributed by atoms with E-state index in [4.69, 9.17) is 0 Å². The normalized spacial score (nSPS) is 8.12. The molecule has 1 rings (SSSR count). The highest BCUT2D eigenvalue weighted by Crippen LogP contribution is 2.09. The number of carbonyl (C=O) groups excluding carboxylic acids is 1. The van der Waals surface area contributed by atoms with Crippen LogP contribution in [0.25, 0.3) is 0 Å². The molecule has 16 heavy (non-hydrogen) atoms. The molecule has 0 N–H and O–H groups in total. The topological polar surface area (TPSA) is 17.1 Å². The van der Waals surface area contributed by atoms with E-state index in [1.165, 1.54) is 18.4 Å². The first-order chi connectivity index (χ1) is 7.67. The maximum atomic E-state index is 10.4. The molecule has 0 saturated carbocycles. The minimum absolute atomic E-state index is 0.792. The Morgan fingerprint density at radius 3 is 1.88 bits per heavy atom. The van der Waals surface area contributed by atoms with Gasteiger partial charge in [-0.2, -0.15) is 0 Å². The molecule has 1 aromatic rings. The van der Waals surface area contributed by atoms with Crippen molar-refractivity contribution in [3.05, 3.63) is 34.9 Å². The predicted molar refractivity (Wildman–Crippen MR) is 73.2 cm³/mol. The zero-order chi connectivity index (χ0) is 13.0. The lowest BCUT2D eigenvalue weighted by atomic mass is 10.1. The molecule has 0 heterocycles. The first-order valence-corrected chi connectivity index (χ1v) is 6.18. The number of unbranched alkanes of at least 4 members (excludes halogenated alkanes) is 1. The third-order valence-corrected chi connectivity index (χ3v) is 2.27. The fourth-order valence-electron chi connectivity index (χ4n) is 0.901. The van der Waals surface area contributed by atoms with Gasteiger partial charge in [-0.3, -0.25) is 4.79 Å². The maximum Gasteiger partial charge on any atom is 0.150 e. The zero-order valence-electron chi connectivity index (χ0n) is 11.6. The molecule has 0 radical (unpaired) electrons. The van der Waals surface area contributed by atoms with Crippen LogP contribution in [0.15, 0.2) is 18.2 Å². The van der Waals surface area contributed by atoms with E-state index >= 15 is 0 Å². The minimum Gasteiger partial charge on any atom is -0.298 e. The number of rotatable bonds is 2. The summed E-state index contributed by atoms with van der Waals surface area (Å²) in [6, 6.07) is 5.73. The standard InChI is InChI=1S/C9H10O.C4H10.C2H6/c1-7-4-3-5-9(6-10)8(7)2;1-3-4-2;1-2/h3-6H,1-2H3;3-4H2,1-2H3;1-2H3. The largest absolute Gasteiger partial charge is 0.298 e. The molecule has 0 aliphatic heterocycles. The molecule has 0 atom stereocenters. The summed E-state index contributed by atoms with van der Waals surface area (Å²) in [5, 5.41) is 0. The summed E-state index contributed by atoms with van der Waals surface area (Å²) in [7, 11) is 0. The van der Waals surface area contributed by atoms with Crippen molar-refractivity contribution in [1.82, 2.24) is 0 Å². The first-order valence-electron chi connectivity index (χ1n) is 6.18. The summed E-state index contributed by atoms with van der Waals surface area (Å²) in [6.07, 6.45) is 3.53. The Kier molecular flexibility index (Phi) is 12.9. The fraction of sp³-hybridized carbons (Fsp3) is 0.533. The van der Waals surface area contributed by atoms with Gasteiger partial charge in [-0.1, -0.05) is 58.7 Å². The number of hydrogen-bond acceptors (Lipinski definition) is 1. The van der Waals surface area contributed by atoms with Crippen LogP contribution in [-0.2, 0) is 0 Å². The van der Waals surface area contributed by atoms with E-state index in [1.54, 1.807) is 0 Å². The molecular weight excluding hydrogens is 196 g/mol. The summed E-state index contributed by atoms with van der Waals surface area (Å²) < 4.78 is 0. The van der Waals surface area contributed by atoms with Gasteiger partial charge in [0.05, 0.1) is 0 Å². The fourth-order valence-corrected chi connectivity index (χ4v) is 0.901. The van der Waals surface area contributed by atoms with Crippen LogP contribution in [0.5, 0.6) is 0 Å². The highest BCUT2D eigenvalue weighted by molar-refractivity contribution is 5.77. The van der Waals surface area contributed by atoms with Crippen LogP contribution in [0.3, 0.4) is 0 Å². The lowest BCUT2D eigenvalue weighted by molar-refractivity contribution is 0.112. The van der Waals surface area contributed by atoms with Gasteiger partial charge in [0.2, 0.25) is 0 Å². The van der Waals surface area contributed by atoms with Crippen molar-refractivity contribution in [2.24, 2.45) is 0 Å². The monoisotopic (exact) mass is 222 g/mol. The van der Waals surface area contributed by atoms with E-state index < -0.39 is 0 Å². The highest BCUT2D eigenvalue weighted by Gasteiger charge is 1.96. The quantitative estimate of drug-likeness (QED) is 0.647. The predicted octanol–water partition coefficient (Wildman–Crippen LogP) is 4.95. The summed E-state index contributed by atoms with van der Waals surface area (Å²) in [6.45, 7) is 12.3. The van der Waals surface area contributed by atoms with Crippen LogP contribution >= 0.6 is 0 Å². The number of benzene rings is 1. The van der Waals surface area contributed by atoms with E-state index in [1.807, 2.05) is 45.9 Å². The van der Waals surface area contributed by atoms with E-state index in [0.717, 1.165) is 17.4 Å². The lowest BCUT2D eigenvalue weighted by Crippen LogP contribution is -1.87. The molecule has 0 aliphatic rings. The second-order valence-electron chi connectivity index (χ2n) is 3.41. The number of aldehydes is 1. The number of carbonyl (C=O) groups is 1. The van der Waals surface area contributed by atoms with E-state index in [0.29, 0.717) is 0 Å². The summed E-state index contributed by atoms with van der Waals surface area (Å²) in [5.41, 5.74) is 3.04. The SMILES string of the molecule is CC.CCCC.Cc1cccc(C=O)c1C. The van der Waals surface area contributed by atoms with Crippen molar-refractivity contribution < 1.29 is 4.79 Å². The van der Waals surface area contributed by atoms with E-state index in [9.17, 15) is 4.79 Å². The van der Waals surface area contributed by atoms with Gasteiger partial charge in [0.15, 0.2) is 0 Å². The molecule has 1 aromatic carbocycles. The summed E-state index contributed by atoms with van der Waals surface area (Å²) in [5.74, 6) is 0. The Hall–Kier alpha value is -1.11. The Bertz CT molecular complexity index is 275. The van der Waals surface area contributed by atoms with Crippen LogP contribution in [0.2, 0.25) is 0 Å². The molecular formula is C15H26O. The Morgan fingerprint density at radius 2 is 1.56 bits per heavy atom.